The Morgan fingerprint density at radius 1 is 1.14 bits per heavy atom. The maximum absolute atomic E-state index is 12.0. The molecule has 1 aromatic rings. The van der Waals surface area contributed by atoms with Crippen molar-refractivity contribution in [1.29, 1.82) is 0 Å². The van der Waals surface area contributed by atoms with Crippen LogP contribution in [0.25, 0.3) is 0 Å². The van der Waals surface area contributed by atoms with Crippen LogP contribution in [0, 0.1) is 0 Å². The molecule has 1 aromatic heterocycles. The smallest absolute Gasteiger partial charge is 0.230 e. The second-order valence-electron chi connectivity index (χ2n) is 6.18. The first kappa shape index (κ1) is 14.9. The lowest BCUT2D eigenvalue weighted by atomic mass is 9.97. The lowest BCUT2D eigenvalue weighted by molar-refractivity contribution is -0.119. The quantitative estimate of drug-likeness (QED) is 0.820. The molecular weight excluding hydrogens is 284 g/mol. The van der Waals surface area contributed by atoms with Gasteiger partial charge in [-0.1, -0.05) is 43.9 Å². The molecule has 2 aliphatic carbocycles. The summed E-state index contributed by atoms with van der Waals surface area (Å²) in [6.45, 7) is 0. The molecule has 116 valence electrons. The van der Waals surface area contributed by atoms with E-state index >= 15 is 0 Å². The van der Waals surface area contributed by atoms with Crippen LogP contribution in [0.4, 0.5) is 0 Å². The average molecular weight is 308 g/mol. The molecule has 0 atom stereocenters. The minimum absolute atomic E-state index is 0.114. The monoisotopic (exact) mass is 308 g/mol. The Balaban J connectivity index is 1.40. The molecule has 0 aromatic carbocycles. The van der Waals surface area contributed by atoms with E-state index in [2.05, 4.69) is 20.5 Å². The molecule has 21 heavy (non-hydrogen) atoms. The van der Waals surface area contributed by atoms with Crippen molar-refractivity contribution in [3.05, 3.63) is 5.82 Å². The zero-order valence-electron chi connectivity index (χ0n) is 12.4. The van der Waals surface area contributed by atoms with Crippen molar-refractivity contribution in [2.24, 2.45) is 0 Å². The molecule has 6 heteroatoms. The van der Waals surface area contributed by atoms with Crippen molar-refractivity contribution in [3.8, 4) is 0 Å². The van der Waals surface area contributed by atoms with E-state index in [-0.39, 0.29) is 5.91 Å². The van der Waals surface area contributed by atoms with Gasteiger partial charge in [0.15, 0.2) is 0 Å². The summed E-state index contributed by atoms with van der Waals surface area (Å²) in [5.74, 6) is 2.09. The van der Waals surface area contributed by atoms with Crippen molar-refractivity contribution >= 4 is 17.7 Å². The maximum Gasteiger partial charge on any atom is 0.230 e. The molecule has 0 bridgehead atoms. The second kappa shape index (κ2) is 7.29. The number of carbonyl (C=O) groups is 1. The zero-order valence-corrected chi connectivity index (χ0v) is 13.3. The van der Waals surface area contributed by atoms with Crippen molar-refractivity contribution in [1.82, 2.24) is 20.5 Å². The first-order chi connectivity index (χ1) is 10.3. The van der Waals surface area contributed by atoms with E-state index in [0.29, 0.717) is 22.9 Å². The number of nitrogens with one attached hydrogen (secondary N) is 2. The number of thioether (sulfide) groups is 1. The van der Waals surface area contributed by atoms with Gasteiger partial charge in [0.05, 0.1) is 5.75 Å². The van der Waals surface area contributed by atoms with Crippen LogP contribution in [0.3, 0.4) is 0 Å². The molecule has 2 fully saturated rings. The number of amides is 1. The predicted molar refractivity (Wildman–Crippen MR) is 83.3 cm³/mol. The number of rotatable bonds is 5. The van der Waals surface area contributed by atoms with Gasteiger partial charge in [0, 0.05) is 12.0 Å². The number of aromatic nitrogens is 3. The van der Waals surface area contributed by atoms with Gasteiger partial charge in [-0.15, -0.1) is 5.10 Å². The number of hydrogen-bond acceptors (Lipinski definition) is 4. The molecule has 2 N–H and O–H groups in total. The van der Waals surface area contributed by atoms with E-state index in [1.807, 2.05) is 0 Å². The van der Waals surface area contributed by atoms with E-state index in [4.69, 9.17) is 0 Å². The Labute approximate surface area is 130 Å². The highest BCUT2D eigenvalue weighted by atomic mass is 32.2. The van der Waals surface area contributed by atoms with E-state index < -0.39 is 0 Å². The van der Waals surface area contributed by atoms with Crippen LogP contribution in [0.2, 0.25) is 0 Å². The fraction of sp³-hybridized carbons (Fsp3) is 0.800. The van der Waals surface area contributed by atoms with Crippen LogP contribution < -0.4 is 5.32 Å². The minimum atomic E-state index is 0.114. The van der Waals surface area contributed by atoms with Crippen LogP contribution in [0.5, 0.6) is 0 Å². The number of H-pyrrole nitrogens is 1. The number of hydrogen-bond donors (Lipinski definition) is 2. The van der Waals surface area contributed by atoms with Crippen molar-refractivity contribution in [2.45, 2.75) is 74.9 Å². The van der Waals surface area contributed by atoms with Gasteiger partial charge in [0.2, 0.25) is 11.1 Å². The Kier molecular flexibility index (Phi) is 5.17. The maximum atomic E-state index is 12.0. The fourth-order valence-corrected chi connectivity index (χ4v) is 3.48. The third-order valence-electron chi connectivity index (χ3n) is 4.25. The Bertz CT molecular complexity index is 464. The highest BCUT2D eigenvalue weighted by Gasteiger charge is 2.27. The highest BCUT2D eigenvalue weighted by molar-refractivity contribution is 7.99. The third-order valence-corrected chi connectivity index (χ3v) is 5.10. The van der Waals surface area contributed by atoms with Gasteiger partial charge in [-0.05, 0) is 25.7 Å². The summed E-state index contributed by atoms with van der Waals surface area (Å²) >= 11 is 1.43. The van der Waals surface area contributed by atoms with Gasteiger partial charge in [-0.2, -0.15) is 0 Å². The van der Waals surface area contributed by atoms with Gasteiger partial charge in [-0.3, -0.25) is 9.89 Å². The van der Waals surface area contributed by atoms with Gasteiger partial charge in [0.1, 0.15) is 5.82 Å². The van der Waals surface area contributed by atoms with E-state index in [9.17, 15) is 4.79 Å². The molecule has 0 aliphatic heterocycles. The molecule has 0 spiro atoms. The van der Waals surface area contributed by atoms with E-state index in [1.165, 1.54) is 56.7 Å². The highest BCUT2D eigenvalue weighted by Crippen LogP contribution is 2.38. The number of nitrogens with zero attached hydrogens (tertiary/aromatic N) is 2. The van der Waals surface area contributed by atoms with Crippen LogP contribution in [-0.4, -0.2) is 32.9 Å². The van der Waals surface area contributed by atoms with Crippen molar-refractivity contribution < 1.29 is 4.79 Å². The Morgan fingerprint density at radius 2 is 1.86 bits per heavy atom. The number of carbonyl (C=O) groups excluding carboxylic acids is 1. The standard InChI is InChI=1S/C15H24N4OS/c20-13(16-12-6-4-2-1-3-5-7-12)10-21-15-17-14(18-19-15)11-8-9-11/h11-12H,1-10H2,(H,16,20)(H,17,18,19). The largest absolute Gasteiger partial charge is 0.353 e. The molecule has 0 saturated heterocycles. The lowest BCUT2D eigenvalue weighted by Gasteiger charge is -2.20. The summed E-state index contributed by atoms with van der Waals surface area (Å²) in [5, 5.41) is 11.0. The van der Waals surface area contributed by atoms with Gasteiger partial charge < -0.3 is 5.32 Å². The third kappa shape index (κ3) is 4.73. The summed E-state index contributed by atoms with van der Waals surface area (Å²) in [7, 11) is 0. The van der Waals surface area contributed by atoms with Gasteiger partial charge in [0.25, 0.3) is 0 Å². The summed E-state index contributed by atoms with van der Waals surface area (Å²) < 4.78 is 0. The summed E-state index contributed by atoms with van der Waals surface area (Å²) in [6, 6.07) is 0.368. The molecule has 5 nitrogen and oxygen atoms in total. The first-order valence-electron chi connectivity index (χ1n) is 8.16. The molecular formula is C15H24N4OS. The number of aromatic amines is 1. The van der Waals surface area contributed by atoms with E-state index in [1.54, 1.807) is 0 Å². The Morgan fingerprint density at radius 3 is 2.57 bits per heavy atom. The SMILES string of the molecule is O=C(CSc1n[nH]c(C2CC2)n1)NC1CCCCCCC1. The summed E-state index contributed by atoms with van der Waals surface area (Å²) in [5.41, 5.74) is 0. The van der Waals surface area contributed by atoms with Crippen molar-refractivity contribution in [3.63, 3.8) is 0 Å². The summed E-state index contributed by atoms with van der Waals surface area (Å²) in [6.07, 6.45) is 11.1. The Hall–Kier alpha value is -1.04. The first-order valence-corrected chi connectivity index (χ1v) is 9.14. The average Bonchev–Trinajstić information content (AvgIpc) is 3.19. The van der Waals surface area contributed by atoms with Crippen LogP contribution >= 0.6 is 11.8 Å². The van der Waals surface area contributed by atoms with Gasteiger partial charge >= 0.3 is 0 Å². The summed E-state index contributed by atoms with van der Waals surface area (Å²) in [4.78, 5) is 16.5. The van der Waals surface area contributed by atoms with E-state index in [0.717, 1.165) is 18.7 Å². The van der Waals surface area contributed by atoms with Crippen LogP contribution in [-0.2, 0) is 4.79 Å². The second-order valence-corrected chi connectivity index (χ2v) is 7.12. The topological polar surface area (TPSA) is 70.7 Å². The molecule has 0 radical (unpaired) electrons. The molecule has 3 rings (SSSR count). The lowest BCUT2D eigenvalue weighted by Crippen LogP contribution is -2.36. The normalized spacial score (nSPS) is 20.8. The zero-order chi connectivity index (χ0) is 14.5. The predicted octanol–water partition coefficient (Wildman–Crippen LogP) is 3.00. The van der Waals surface area contributed by atoms with Gasteiger partial charge in [-0.25, -0.2) is 4.98 Å². The molecule has 0 unspecified atom stereocenters. The fourth-order valence-electron chi connectivity index (χ4n) is 2.86. The minimum Gasteiger partial charge on any atom is -0.353 e. The molecule has 2 saturated carbocycles. The molecule has 1 heterocycles. The van der Waals surface area contributed by atoms with Crippen LogP contribution in [0.15, 0.2) is 5.16 Å². The molecule has 2 aliphatic rings. The molecule has 1 amide bonds. The van der Waals surface area contributed by atoms with Crippen molar-refractivity contribution in [2.75, 3.05) is 5.75 Å². The van der Waals surface area contributed by atoms with Crippen LogP contribution in [0.1, 0.15) is 69.5 Å².